The number of nitrogens with one attached hydrogen (secondary N) is 1. The van der Waals surface area contributed by atoms with Gasteiger partial charge in [0.25, 0.3) is 0 Å². The van der Waals surface area contributed by atoms with Crippen molar-refractivity contribution in [1.82, 2.24) is 25.2 Å². The van der Waals surface area contributed by atoms with Crippen molar-refractivity contribution in [2.24, 2.45) is 0 Å². The number of nitrogens with zero attached hydrogens (tertiary/aromatic N) is 5. The number of rotatable bonds is 7. The topological polar surface area (TPSA) is 85.6 Å². The maximum Gasteiger partial charge on any atom is 0.236 e. The maximum absolute atomic E-state index is 12.6. The summed E-state index contributed by atoms with van der Waals surface area (Å²) >= 11 is 18.4. The van der Waals surface area contributed by atoms with Gasteiger partial charge in [-0.3, -0.25) is 4.79 Å². The molecule has 1 amide bonds. The third kappa shape index (κ3) is 5.64. The number of halogens is 3. The van der Waals surface area contributed by atoms with Crippen molar-refractivity contribution in [3.8, 4) is 5.69 Å². The summed E-state index contributed by atoms with van der Waals surface area (Å²) in [6, 6.07) is 14.8. The van der Waals surface area contributed by atoms with Gasteiger partial charge in [-0.05, 0) is 62.3 Å². The fourth-order valence-electron chi connectivity index (χ4n) is 2.69. The second-order valence-electron chi connectivity index (χ2n) is 6.20. The quantitative estimate of drug-likeness (QED) is 0.303. The van der Waals surface area contributed by atoms with Crippen LogP contribution in [0, 0.1) is 0 Å². The number of thioether (sulfide) groups is 1. The van der Waals surface area contributed by atoms with E-state index in [0.29, 0.717) is 31.4 Å². The van der Waals surface area contributed by atoms with Crippen molar-refractivity contribution in [2.75, 3.05) is 11.1 Å². The van der Waals surface area contributed by atoms with Crippen LogP contribution in [0.4, 0.5) is 5.82 Å². The predicted molar refractivity (Wildman–Crippen MR) is 128 cm³/mol. The second kappa shape index (κ2) is 10.1. The molecule has 2 aromatic heterocycles. The van der Waals surface area contributed by atoms with Crippen LogP contribution >= 0.6 is 62.2 Å². The first-order chi connectivity index (χ1) is 15.0. The molecule has 0 atom stereocenters. The molecule has 12 heteroatoms. The largest absolute Gasteiger partial charge is 0.309 e. The van der Waals surface area contributed by atoms with Gasteiger partial charge in [0.2, 0.25) is 11.1 Å². The minimum Gasteiger partial charge on any atom is -0.309 e. The van der Waals surface area contributed by atoms with Crippen LogP contribution in [-0.2, 0) is 11.2 Å². The average Bonchev–Trinajstić information content (AvgIpc) is 3.36. The Balaban J connectivity index is 1.43. The zero-order valence-corrected chi connectivity index (χ0v) is 20.4. The van der Waals surface area contributed by atoms with E-state index in [1.807, 2.05) is 36.4 Å². The Morgan fingerprint density at radius 1 is 1.19 bits per heavy atom. The van der Waals surface area contributed by atoms with Gasteiger partial charge < -0.3 is 5.32 Å². The molecule has 0 fully saturated rings. The Kier molecular flexibility index (Phi) is 7.24. The molecule has 31 heavy (non-hydrogen) atoms. The molecule has 0 unspecified atom stereocenters. The van der Waals surface area contributed by atoms with E-state index in [1.54, 1.807) is 16.8 Å². The number of hydrogen-bond donors (Lipinski definition) is 1. The van der Waals surface area contributed by atoms with E-state index in [9.17, 15) is 4.79 Å². The number of aromatic nitrogens is 5. The molecule has 0 saturated carbocycles. The lowest BCUT2D eigenvalue weighted by Gasteiger charge is -2.07. The third-order valence-electron chi connectivity index (χ3n) is 4.06. The number of tetrazole rings is 1. The van der Waals surface area contributed by atoms with Gasteiger partial charge >= 0.3 is 0 Å². The van der Waals surface area contributed by atoms with Gasteiger partial charge in [-0.1, -0.05) is 53.2 Å². The average molecular weight is 556 g/mol. The van der Waals surface area contributed by atoms with Crippen LogP contribution in [0.1, 0.15) is 10.4 Å². The highest BCUT2D eigenvalue weighted by Crippen LogP contribution is 2.32. The third-order valence-corrected chi connectivity index (χ3v) is 7.09. The van der Waals surface area contributed by atoms with Crippen LogP contribution in [0.15, 0.2) is 57.6 Å². The molecule has 1 N–H and O–H groups in total. The Hall–Kier alpha value is -1.98. The van der Waals surface area contributed by atoms with E-state index in [-0.39, 0.29) is 11.7 Å². The summed E-state index contributed by atoms with van der Waals surface area (Å²) in [5, 5.41) is 16.3. The molecule has 158 valence electrons. The van der Waals surface area contributed by atoms with Crippen LogP contribution < -0.4 is 5.32 Å². The zero-order valence-electron chi connectivity index (χ0n) is 15.6. The molecule has 0 saturated heterocycles. The number of carbonyl (C=O) groups excluding carboxylic acids is 1. The molecule has 0 radical (unpaired) electrons. The summed E-state index contributed by atoms with van der Waals surface area (Å²) in [6.45, 7) is 0. The van der Waals surface area contributed by atoms with Crippen molar-refractivity contribution in [2.45, 2.75) is 11.6 Å². The lowest BCUT2D eigenvalue weighted by atomic mass is 10.1. The summed E-state index contributed by atoms with van der Waals surface area (Å²) in [4.78, 5) is 17.8. The molecule has 4 rings (SSSR count). The maximum atomic E-state index is 12.6. The van der Waals surface area contributed by atoms with Gasteiger partial charge in [-0.2, -0.15) is 4.68 Å². The Morgan fingerprint density at radius 2 is 2.00 bits per heavy atom. The zero-order chi connectivity index (χ0) is 21.8. The second-order valence-corrected chi connectivity index (χ2v) is 10.3. The van der Waals surface area contributed by atoms with Gasteiger partial charge in [0, 0.05) is 16.5 Å². The lowest BCUT2D eigenvalue weighted by Crippen LogP contribution is -2.16. The lowest BCUT2D eigenvalue weighted by molar-refractivity contribution is -0.113. The van der Waals surface area contributed by atoms with Gasteiger partial charge in [0.15, 0.2) is 3.92 Å². The first-order valence-electron chi connectivity index (χ1n) is 8.85. The first kappa shape index (κ1) is 22.2. The molecular formula is C19H13BrCl2N6OS2. The number of carbonyl (C=O) groups is 1. The first-order valence-corrected chi connectivity index (χ1v) is 12.2. The number of anilines is 1. The number of hydrogen-bond acceptors (Lipinski definition) is 7. The Bertz CT molecular complexity index is 1220. The predicted octanol–water partition coefficient (Wildman–Crippen LogP) is 5.51. The van der Waals surface area contributed by atoms with Gasteiger partial charge in [0.05, 0.1) is 16.3 Å². The van der Waals surface area contributed by atoms with Gasteiger partial charge in [-0.15, -0.1) is 16.4 Å². The molecule has 0 bridgehead atoms. The number of thiazole rings is 1. The van der Waals surface area contributed by atoms with E-state index in [4.69, 9.17) is 23.2 Å². The summed E-state index contributed by atoms with van der Waals surface area (Å²) < 4.78 is 2.25. The summed E-state index contributed by atoms with van der Waals surface area (Å²) in [7, 11) is 0. The minimum atomic E-state index is -0.219. The van der Waals surface area contributed by atoms with E-state index < -0.39 is 0 Å². The highest BCUT2D eigenvalue weighted by molar-refractivity contribution is 9.11. The monoisotopic (exact) mass is 554 g/mol. The Labute approximate surface area is 204 Å². The smallest absolute Gasteiger partial charge is 0.236 e. The number of benzene rings is 2. The van der Waals surface area contributed by atoms with E-state index >= 15 is 0 Å². The summed E-state index contributed by atoms with van der Waals surface area (Å²) in [6.07, 6.45) is 0.498. The normalized spacial score (nSPS) is 10.9. The molecular weight excluding hydrogens is 543 g/mol. The number of para-hydroxylation sites is 1. The fourth-order valence-corrected chi connectivity index (χ4v) is 5.29. The molecule has 2 heterocycles. The highest BCUT2D eigenvalue weighted by atomic mass is 79.9. The van der Waals surface area contributed by atoms with Crippen molar-refractivity contribution in [1.29, 1.82) is 0 Å². The molecule has 2 aromatic carbocycles. The molecule has 0 aliphatic heterocycles. The molecule has 0 spiro atoms. The van der Waals surface area contributed by atoms with E-state index in [1.165, 1.54) is 23.1 Å². The SMILES string of the molecule is O=C(CSc1nnnn1-c1ccccc1)Nc1nc(Br)sc1Cc1cc(Cl)ccc1Cl. The number of amides is 1. The molecule has 0 aliphatic rings. The van der Waals surface area contributed by atoms with Crippen LogP contribution in [-0.4, -0.2) is 36.9 Å². The van der Waals surface area contributed by atoms with Crippen LogP contribution in [0.5, 0.6) is 0 Å². The fraction of sp³-hybridized carbons (Fsp3) is 0.105. The van der Waals surface area contributed by atoms with Crippen LogP contribution in [0.2, 0.25) is 10.0 Å². The highest BCUT2D eigenvalue weighted by Gasteiger charge is 2.17. The van der Waals surface area contributed by atoms with Gasteiger partial charge in [0.1, 0.15) is 5.82 Å². The molecule has 0 aliphatic carbocycles. The van der Waals surface area contributed by atoms with Crippen LogP contribution in [0.25, 0.3) is 5.69 Å². The minimum absolute atomic E-state index is 0.125. The van der Waals surface area contributed by atoms with E-state index in [0.717, 1.165) is 16.1 Å². The van der Waals surface area contributed by atoms with Crippen molar-refractivity contribution in [3.63, 3.8) is 0 Å². The Morgan fingerprint density at radius 3 is 2.81 bits per heavy atom. The summed E-state index contributed by atoms with van der Waals surface area (Å²) in [5.41, 5.74) is 1.68. The standard InChI is InChI=1S/C19H13BrCl2N6OS2/c20-18-24-17(15(31-18)9-11-8-12(21)6-7-14(11)22)23-16(29)10-30-19-25-26-27-28(19)13-4-2-1-3-5-13/h1-8H,9-10H2,(H,23,29). The van der Waals surface area contributed by atoms with E-state index in [2.05, 4.69) is 41.8 Å². The van der Waals surface area contributed by atoms with Crippen molar-refractivity contribution in [3.05, 3.63) is 72.9 Å². The van der Waals surface area contributed by atoms with Crippen molar-refractivity contribution < 1.29 is 4.79 Å². The molecule has 4 aromatic rings. The summed E-state index contributed by atoms with van der Waals surface area (Å²) in [5.74, 6) is 0.393. The van der Waals surface area contributed by atoms with Gasteiger partial charge in [-0.25, -0.2) is 4.98 Å². The molecule has 7 nitrogen and oxygen atoms in total. The van der Waals surface area contributed by atoms with Crippen molar-refractivity contribution >= 4 is 74.0 Å². The van der Waals surface area contributed by atoms with Crippen LogP contribution in [0.3, 0.4) is 0 Å².